The van der Waals surface area contributed by atoms with Crippen molar-refractivity contribution in [1.29, 1.82) is 0 Å². The van der Waals surface area contributed by atoms with Crippen molar-refractivity contribution in [2.75, 3.05) is 25.1 Å². The highest BCUT2D eigenvalue weighted by Gasteiger charge is 2.07. The number of nitrogens with two attached hydrogens (primary N) is 1. The molecule has 5 heteroatoms. The van der Waals surface area contributed by atoms with E-state index >= 15 is 0 Å². The van der Waals surface area contributed by atoms with Gasteiger partial charge in [0.1, 0.15) is 5.82 Å². The zero-order valence-electron chi connectivity index (χ0n) is 9.37. The van der Waals surface area contributed by atoms with Gasteiger partial charge in [-0.2, -0.15) is 0 Å². The third-order valence-electron chi connectivity index (χ3n) is 2.16. The molecule has 0 radical (unpaired) electrons. The molecule has 0 heterocycles. The molecule has 1 aromatic rings. The molecular formula is C11H15FN2OS. The summed E-state index contributed by atoms with van der Waals surface area (Å²) in [4.78, 5) is 13.8. The Bertz CT molecular complexity index is 364. The first-order valence-electron chi connectivity index (χ1n) is 4.95. The number of nitrogen functional groups attached to an aromatic ring is 1. The lowest BCUT2D eigenvalue weighted by atomic mass is 10.3. The number of thioether (sulfide) groups is 1. The first-order chi connectivity index (χ1) is 7.52. The first kappa shape index (κ1) is 12.8. The monoisotopic (exact) mass is 242 g/mol. The van der Waals surface area contributed by atoms with Crippen LogP contribution in [0.15, 0.2) is 23.1 Å². The van der Waals surface area contributed by atoms with Gasteiger partial charge >= 0.3 is 0 Å². The van der Waals surface area contributed by atoms with Gasteiger partial charge in [-0.1, -0.05) is 0 Å². The smallest absolute Gasteiger partial charge is 0.232 e. The van der Waals surface area contributed by atoms with Crippen LogP contribution in [0.25, 0.3) is 0 Å². The van der Waals surface area contributed by atoms with E-state index in [0.717, 1.165) is 0 Å². The Labute approximate surface area is 98.8 Å². The number of anilines is 1. The molecule has 0 saturated carbocycles. The van der Waals surface area contributed by atoms with Gasteiger partial charge in [0.25, 0.3) is 0 Å². The molecule has 1 amide bonds. The molecule has 0 aliphatic heterocycles. The van der Waals surface area contributed by atoms with Crippen molar-refractivity contribution in [1.82, 2.24) is 4.90 Å². The average molecular weight is 242 g/mol. The lowest BCUT2D eigenvalue weighted by Gasteiger charge is -2.13. The van der Waals surface area contributed by atoms with Gasteiger partial charge in [-0.05, 0) is 25.1 Å². The van der Waals surface area contributed by atoms with Crippen molar-refractivity contribution < 1.29 is 9.18 Å². The lowest BCUT2D eigenvalue weighted by Crippen LogP contribution is -2.27. The normalized spacial score (nSPS) is 10.2. The largest absolute Gasteiger partial charge is 0.399 e. The van der Waals surface area contributed by atoms with E-state index < -0.39 is 0 Å². The zero-order valence-corrected chi connectivity index (χ0v) is 10.2. The summed E-state index contributed by atoms with van der Waals surface area (Å²) >= 11 is 1.29. The van der Waals surface area contributed by atoms with E-state index in [1.807, 2.05) is 6.92 Å². The molecular weight excluding hydrogens is 227 g/mol. The summed E-state index contributed by atoms with van der Waals surface area (Å²) in [6.45, 7) is 2.58. The summed E-state index contributed by atoms with van der Waals surface area (Å²) in [5, 5.41) is 0. The minimum absolute atomic E-state index is 0.0235. The van der Waals surface area contributed by atoms with E-state index in [1.54, 1.807) is 18.0 Å². The van der Waals surface area contributed by atoms with Gasteiger partial charge in [0.15, 0.2) is 0 Å². The van der Waals surface area contributed by atoms with Crippen molar-refractivity contribution in [2.45, 2.75) is 11.8 Å². The summed E-state index contributed by atoms with van der Waals surface area (Å²) in [6.07, 6.45) is 0. The summed E-state index contributed by atoms with van der Waals surface area (Å²) in [5.74, 6) is -0.0538. The summed E-state index contributed by atoms with van der Waals surface area (Å²) in [6, 6.07) is 4.29. The molecule has 1 aromatic carbocycles. The fourth-order valence-electron chi connectivity index (χ4n) is 1.10. The molecule has 0 bridgehead atoms. The van der Waals surface area contributed by atoms with E-state index in [2.05, 4.69) is 0 Å². The second-order valence-electron chi connectivity index (χ2n) is 3.42. The molecule has 0 unspecified atom stereocenters. The van der Waals surface area contributed by atoms with Crippen LogP contribution >= 0.6 is 11.8 Å². The van der Waals surface area contributed by atoms with Crippen LogP contribution in [-0.4, -0.2) is 30.2 Å². The second-order valence-corrected chi connectivity index (χ2v) is 4.47. The summed E-state index contributed by atoms with van der Waals surface area (Å²) in [7, 11) is 1.74. The number of rotatable bonds is 4. The Kier molecular flexibility index (Phi) is 4.61. The molecule has 1 rings (SSSR count). The summed E-state index contributed by atoms with van der Waals surface area (Å²) in [5.41, 5.74) is 5.88. The van der Waals surface area contributed by atoms with Gasteiger partial charge < -0.3 is 10.6 Å². The number of halogens is 1. The highest BCUT2D eigenvalue weighted by atomic mass is 32.2. The molecule has 0 saturated heterocycles. The molecule has 0 atom stereocenters. The Morgan fingerprint density at radius 2 is 2.19 bits per heavy atom. The highest BCUT2D eigenvalue weighted by Crippen LogP contribution is 2.22. The van der Waals surface area contributed by atoms with Crippen molar-refractivity contribution in [3.63, 3.8) is 0 Å². The average Bonchev–Trinajstić information content (AvgIpc) is 2.23. The number of amides is 1. The Balaban J connectivity index is 2.58. The molecule has 0 fully saturated rings. The maximum Gasteiger partial charge on any atom is 0.232 e. The van der Waals surface area contributed by atoms with Crippen LogP contribution in [0, 0.1) is 5.82 Å². The second kappa shape index (κ2) is 5.75. The van der Waals surface area contributed by atoms with Crippen molar-refractivity contribution in [3.8, 4) is 0 Å². The summed E-state index contributed by atoms with van der Waals surface area (Å²) < 4.78 is 13.0. The SMILES string of the molecule is CCN(C)C(=O)CSc1cc(N)cc(F)c1. The fraction of sp³-hybridized carbons (Fsp3) is 0.364. The van der Waals surface area contributed by atoms with Crippen molar-refractivity contribution >= 4 is 23.4 Å². The van der Waals surface area contributed by atoms with E-state index in [0.29, 0.717) is 22.9 Å². The van der Waals surface area contributed by atoms with Crippen molar-refractivity contribution in [2.24, 2.45) is 0 Å². The van der Waals surface area contributed by atoms with Crippen LogP contribution in [0.2, 0.25) is 0 Å². The molecule has 88 valence electrons. The third-order valence-corrected chi connectivity index (χ3v) is 3.12. The molecule has 2 N–H and O–H groups in total. The maximum atomic E-state index is 13.0. The Morgan fingerprint density at radius 3 is 2.75 bits per heavy atom. The Hall–Kier alpha value is -1.23. The topological polar surface area (TPSA) is 46.3 Å². The van der Waals surface area contributed by atoms with Crippen LogP contribution in [0.4, 0.5) is 10.1 Å². The molecule has 16 heavy (non-hydrogen) atoms. The standard InChI is InChI=1S/C11H15FN2OS/c1-3-14(2)11(15)7-16-10-5-8(12)4-9(13)6-10/h4-6H,3,7,13H2,1-2H3. The molecule has 0 aliphatic carbocycles. The van der Waals surface area contributed by atoms with Gasteiger partial charge in [0.05, 0.1) is 5.75 Å². The number of carbonyl (C=O) groups is 1. The Morgan fingerprint density at radius 1 is 1.50 bits per heavy atom. The van der Waals surface area contributed by atoms with Crippen LogP contribution in [-0.2, 0) is 4.79 Å². The molecule has 0 aliphatic rings. The van der Waals surface area contributed by atoms with Crippen LogP contribution in [0.3, 0.4) is 0 Å². The van der Waals surface area contributed by atoms with Gasteiger partial charge in [-0.25, -0.2) is 4.39 Å². The minimum Gasteiger partial charge on any atom is -0.399 e. The zero-order chi connectivity index (χ0) is 12.1. The van der Waals surface area contributed by atoms with Crippen LogP contribution < -0.4 is 5.73 Å². The predicted octanol–water partition coefficient (Wildman–Crippen LogP) is 1.98. The third kappa shape index (κ3) is 3.73. The number of hydrogen-bond acceptors (Lipinski definition) is 3. The highest BCUT2D eigenvalue weighted by molar-refractivity contribution is 8.00. The van der Waals surface area contributed by atoms with Crippen LogP contribution in [0.1, 0.15) is 6.92 Å². The first-order valence-corrected chi connectivity index (χ1v) is 5.94. The number of benzene rings is 1. The number of hydrogen-bond donors (Lipinski definition) is 1. The van der Waals surface area contributed by atoms with Gasteiger partial charge in [-0.3, -0.25) is 4.79 Å². The van der Waals surface area contributed by atoms with E-state index in [1.165, 1.54) is 23.9 Å². The van der Waals surface area contributed by atoms with Gasteiger partial charge in [-0.15, -0.1) is 11.8 Å². The molecule has 3 nitrogen and oxygen atoms in total. The quantitative estimate of drug-likeness (QED) is 0.648. The molecule has 0 aromatic heterocycles. The fourth-order valence-corrected chi connectivity index (χ4v) is 2.03. The van der Waals surface area contributed by atoms with E-state index in [4.69, 9.17) is 5.73 Å². The maximum absolute atomic E-state index is 13.0. The minimum atomic E-state index is -0.376. The van der Waals surface area contributed by atoms with E-state index in [9.17, 15) is 9.18 Å². The lowest BCUT2D eigenvalue weighted by molar-refractivity contribution is -0.126. The van der Waals surface area contributed by atoms with Gasteiger partial charge in [0.2, 0.25) is 5.91 Å². The van der Waals surface area contributed by atoms with E-state index in [-0.39, 0.29) is 11.7 Å². The molecule has 0 spiro atoms. The van der Waals surface area contributed by atoms with Crippen LogP contribution in [0.5, 0.6) is 0 Å². The van der Waals surface area contributed by atoms with Gasteiger partial charge in [0, 0.05) is 24.2 Å². The number of carbonyl (C=O) groups excluding carboxylic acids is 1. The predicted molar refractivity (Wildman–Crippen MR) is 64.8 cm³/mol. The van der Waals surface area contributed by atoms with Crippen molar-refractivity contribution in [3.05, 3.63) is 24.0 Å². The number of nitrogens with zero attached hydrogens (tertiary/aromatic N) is 1.